The molecule has 0 saturated heterocycles. The summed E-state index contributed by atoms with van der Waals surface area (Å²) in [7, 11) is 4.86. The zero-order valence-electron chi connectivity index (χ0n) is 16.6. The molecule has 4 rings (SSSR count). The minimum atomic E-state index is -0.614. The first-order valence-electron chi connectivity index (χ1n) is 9.08. The van der Waals surface area contributed by atoms with E-state index in [0.29, 0.717) is 16.9 Å². The molecule has 9 nitrogen and oxygen atoms in total. The summed E-state index contributed by atoms with van der Waals surface area (Å²) in [6.07, 6.45) is 3.13. The minimum Gasteiger partial charge on any atom is -0.345 e. The number of pyridine rings is 2. The van der Waals surface area contributed by atoms with Gasteiger partial charge in [0.05, 0.1) is 11.8 Å². The summed E-state index contributed by atoms with van der Waals surface area (Å²) in [6, 6.07) is 7.86. The maximum atomic E-state index is 13.4. The lowest BCUT2D eigenvalue weighted by Crippen LogP contribution is -2.24. The van der Waals surface area contributed by atoms with Gasteiger partial charge in [0.25, 0.3) is 5.91 Å². The third kappa shape index (κ3) is 3.54. The van der Waals surface area contributed by atoms with Crippen molar-refractivity contribution in [2.75, 3.05) is 14.1 Å². The first-order chi connectivity index (χ1) is 14.3. The maximum absolute atomic E-state index is 13.4. The van der Waals surface area contributed by atoms with Crippen molar-refractivity contribution in [3.63, 3.8) is 0 Å². The van der Waals surface area contributed by atoms with Crippen molar-refractivity contribution in [3.05, 3.63) is 65.5 Å². The van der Waals surface area contributed by atoms with Crippen LogP contribution >= 0.6 is 0 Å². The van der Waals surface area contributed by atoms with Gasteiger partial charge < -0.3 is 4.90 Å². The van der Waals surface area contributed by atoms with Crippen LogP contribution < -0.4 is 0 Å². The molecule has 4 aromatic rings. The van der Waals surface area contributed by atoms with Crippen molar-refractivity contribution < 1.29 is 14.0 Å². The monoisotopic (exact) mass is 407 g/mol. The SMILES string of the molecule is CN(C)C(=O)c1cnn(C)c1C(=O)Cc1ccn2nc(-c3cccc(F)n3)nc2c1. The quantitative estimate of drug-likeness (QED) is 0.370. The molecule has 1 amide bonds. The fourth-order valence-corrected chi connectivity index (χ4v) is 3.11. The predicted octanol–water partition coefficient (Wildman–Crippen LogP) is 1.79. The number of amides is 1. The summed E-state index contributed by atoms with van der Waals surface area (Å²) in [5.74, 6) is -0.858. The number of nitrogens with zero attached hydrogens (tertiary/aromatic N) is 7. The molecule has 0 radical (unpaired) electrons. The molecule has 0 spiro atoms. The van der Waals surface area contributed by atoms with Crippen molar-refractivity contribution in [2.45, 2.75) is 6.42 Å². The lowest BCUT2D eigenvalue weighted by Gasteiger charge is -2.10. The number of carbonyl (C=O) groups excluding carboxylic acids is 2. The Morgan fingerprint density at radius 2 is 1.97 bits per heavy atom. The number of halogens is 1. The van der Waals surface area contributed by atoms with Gasteiger partial charge in [0.15, 0.2) is 11.4 Å². The molecule has 4 aromatic heterocycles. The van der Waals surface area contributed by atoms with Gasteiger partial charge in [-0.1, -0.05) is 6.07 Å². The van der Waals surface area contributed by atoms with Crippen LogP contribution in [0.3, 0.4) is 0 Å². The third-order valence-electron chi connectivity index (χ3n) is 4.55. The van der Waals surface area contributed by atoms with E-state index >= 15 is 0 Å². The van der Waals surface area contributed by atoms with Gasteiger partial charge in [-0.05, 0) is 29.8 Å². The third-order valence-corrected chi connectivity index (χ3v) is 4.55. The summed E-state index contributed by atoms with van der Waals surface area (Å²) in [6.45, 7) is 0. The Kier molecular flexibility index (Phi) is 4.82. The molecule has 10 heteroatoms. The van der Waals surface area contributed by atoms with E-state index in [-0.39, 0.29) is 35.2 Å². The van der Waals surface area contributed by atoms with Crippen LogP contribution in [0, 0.1) is 5.95 Å². The summed E-state index contributed by atoms with van der Waals surface area (Å²) in [5, 5.41) is 8.35. The number of carbonyl (C=O) groups is 2. The van der Waals surface area contributed by atoms with Gasteiger partial charge in [0.2, 0.25) is 11.8 Å². The van der Waals surface area contributed by atoms with Crippen LogP contribution in [0.2, 0.25) is 0 Å². The Balaban J connectivity index is 1.63. The van der Waals surface area contributed by atoms with Crippen LogP contribution in [0.15, 0.2) is 42.7 Å². The van der Waals surface area contributed by atoms with Crippen LogP contribution in [0.4, 0.5) is 4.39 Å². The number of hydrogen-bond donors (Lipinski definition) is 0. The summed E-state index contributed by atoms with van der Waals surface area (Å²) in [5.41, 5.74) is 2.02. The molecule has 0 aliphatic carbocycles. The molecule has 0 saturated carbocycles. The average molecular weight is 407 g/mol. The topological polar surface area (TPSA) is 98.3 Å². The van der Waals surface area contributed by atoms with Gasteiger partial charge in [-0.3, -0.25) is 14.3 Å². The molecule has 0 aliphatic heterocycles. The molecule has 0 unspecified atom stereocenters. The molecule has 0 N–H and O–H groups in total. The summed E-state index contributed by atoms with van der Waals surface area (Å²) >= 11 is 0. The maximum Gasteiger partial charge on any atom is 0.257 e. The van der Waals surface area contributed by atoms with Crippen molar-refractivity contribution in [1.82, 2.24) is 34.3 Å². The lowest BCUT2D eigenvalue weighted by atomic mass is 10.0. The zero-order valence-corrected chi connectivity index (χ0v) is 16.6. The van der Waals surface area contributed by atoms with E-state index in [2.05, 4.69) is 20.2 Å². The van der Waals surface area contributed by atoms with E-state index in [9.17, 15) is 14.0 Å². The van der Waals surface area contributed by atoms with Crippen molar-refractivity contribution in [3.8, 4) is 11.5 Å². The molecule has 0 aliphatic rings. The number of ketones is 1. The largest absolute Gasteiger partial charge is 0.345 e. The highest BCUT2D eigenvalue weighted by molar-refractivity contribution is 6.07. The van der Waals surface area contributed by atoms with Crippen LogP contribution in [-0.2, 0) is 13.5 Å². The van der Waals surface area contributed by atoms with Crippen LogP contribution in [0.25, 0.3) is 17.2 Å². The second kappa shape index (κ2) is 7.47. The fraction of sp³-hybridized carbons (Fsp3) is 0.200. The van der Waals surface area contributed by atoms with E-state index in [1.165, 1.54) is 32.4 Å². The number of aryl methyl sites for hydroxylation is 1. The molecule has 0 fully saturated rings. The normalized spacial score (nSPS) is 11.1. The van der Waals surface area contributed by atoms with Gasteiger partial charge in [0, 0.05) is 33.8 Å². The molecule has 4 heterocycles. The lowest BCUT2D eigenvalue weighted by molar-refractivity contribution is 0.0819. The molecule has 0 bridgehead atoms. The van der Waals surface area contributed by atoms with E-state index in [1.54, 1.807) is 45.5 Å². The molecule has 0 atom stereocenters. The number of fused-ring (bicyclic) bond motifs is 1. The number of aromatic nitrogens is 6. The number of rotatable bonds is 5. The van der Waals surface area contributed by atoms with Crippen molar-refractivity contribution in [1.29, 1.82) is 0 Å². The molecule has 152 valence electrons. The molecular formula is C20H18FN7O2. The van der Waals surface area contributed by atoms with Gasteiger partial charge in [0.1, 0.15) is 11.4 Å². The highest BCUT2D eigenvalue weighted by atomic mass is 19.1. The Bertz CT molecular complexity index is 1280. The molecule has 30 heavy (non-hydrogen) atoms. The molecular weight excluding hydrogens is 389 g/mol. The van der Waals surface area contributed by atoms with E-state index in [0.717, 1.165) is 0 Å². The Hall–Kier alpha value is -3.95. The zero-order chi connectivity index (χ0) is 21.4. The first-order valence-corrected chi connectivity index (χ1v) is 9.08. The van der Waals surface area contributed by atoms with Crippen LogP contribution in [0.1, 0.15) is 26.4 Å². The van der Waals surface area contributed by atoms with Gasteiger partial charge >= 0.3 is 0 Å². The first kappa shape index (κ1) is 19.4. The Labute approximate surface area is 170 Å². The highest BCUT2D eigenvalue weighted by Gasteiger charge is 2.23. The second-order valence-corrected chi connectivity index (χ2v) is 6.95. The number of Topliss-reactive ketones (excluding diaryl/α,β-unsaturated/α-hetero) is 1. The smallest absolute Gasteiger partial charge is 0.257 e. The summed E-state index contributed by atoms with van der Waals surface area (Å²) in [4.78, 5) is 34.8. The van der Waals surface area contributed by atoms with E-state index < -0.39 is 5.95 Å². The van der Waals surface area contributed by atoms with Crippen LogP contribution in [0.5, 0.6) is 0 Å². The fourth-order valence-electron chi connectivity index (χ4n) is 3.11. The predicted molar refractivity (Wildman–Crippen MR) is 105 cm³/mol. The van der Waals surface area contributed by atoms with Gasteiger partial charge in [-0.25, -0.2) is 14.5 Å². The van der Waals surface area contributed by atoms with Gasteiger partial charge in [-0.2, -0.15) is 9.49 Å². The van der Waals surface area contributed by atoms with Gasteiger partial charge in [-0.15, -0.1) is 5.10 Å². The Morgan fingerprint density at radius 3 is 2.70 bits per heavy atom. The number of hydrogen-bond acceptors (Lipinski definition) is 6. The molecule has 0 aromatic carbocycles. The average Bonchev–Trinajstić information content (AvgIpc) is 3.30. The van der Waals surface area contributed by atoms with E-state index in [1.807, 2.05) is 0 Å². The Morgan fingerprint density at radius 1 is 1.17 bits per heavy atom. The van der Waals surface area contributed by atoms with Crippen LogP contribution in [-0.4, -0.2) is 60.0 Å². The van der Waals surface area contributed by atoms with Crippen molar-refractivity contribution in [2.24, 2.45) is 7.05 Å². The second-order valence-electron chi connectivity index (χ2n) is 6.95. The minimum absolute atomic E-state index is 0.0597. The van der Waals surface area contributed by atoms with E-state index in [4.69, 9.17) is 0 Å². The van der Waals surface area contributed by atoms with Crippen molar-refractivity contribution >= 4 is 17.3 Å². The highest BCUT2D eigenvalue weighted by Crippen LogP contribution is 2.17. The standard InChI is InChI=1S/C20H18FN7O2/c1-26(2)20(30)13-11-22-27(3)18(13)15(29)9-12-7-8-28-17(10-12)24-19(25-28)14-5-4-6-16(21)23-14/h4-8,10-11H,9H2,1-3H3. The summed E-state index contributed by atoms with van der Waals surface area (Å²) < 4.78 is 16.3.